The SMILES string of the molecule is [C-]#[N+]c1cc(C=Cc2ccc(N(c3ccc(C)cc3)c3ccc(C)cc3)cc2)c(C#N)cc1C=Cc1ccc(N(c2ccc(OC(C)C)cc2)c2ccc(OC(C)C)cc2)cc1. The number of hydrogen-bond donors (Lipinski definition) is 0. The third-order valence-corrected chi connectivity index (χ3v) is 10.2. The fourth-order valence-electron chi connectivity index (χ4n) is 7.10. The average Bonchev–Trinajstić information content (AvgIpc) is 3.28. The van der Waals surface area contributed by atoms with Crippen LogP contribution in [-0.4, -0.2) is 12.2 Å². The minimum absolute atomic E-state index is 0.0836. The van der Waals surface area contributed by atoms with Crippen molar-refractivity contribution < 1.29 is 9.47 Å². The van der Waals surface area contributed by atoms with E-state index < -0.39 is 0 Å². The summed E-state index contributed by atoms with van der Waals surface area (Å²) < 4.78 is 11.8. The summed E-state index contributed by atoms with van der Waals surface area (Å²) in [5, 5.41) is 10.2. The first kappa shape index (κ1) is 42.3. The van der Waals surface area contributed by atoms with Crippen LogP contribution in [0.3, 0.4) is 0 Å². The molecule has 0 aliphatic heterocycles. The second kappa shape index (κ2) is 19.5. The first-order valence-corrected chi connectivity index (χ1v) is 20.9. The second-order valence-corrected chi connectivity index (χ2v) is 15.7. The summed E-state index contributed by atoms with van der Waals surface area (Å²) >= 11 is 0. The second-order valence-electron chi connectivity index (χ2n) is 15.7. The summed E-state index contributed by atoms with van der Waals surface area (Å²) in [6.45, 7) is 20.3. The predicted molar refractivity (Wildman–Crippen MR) is 259 cm³/mol. The normalized spacial score (nSPS) is 11.2. The zero-order valence-electron chi connectivity index (χ0n) is 36.1. The molecule has 0 aliphatic rings. The molecule has 0 aromatic heterocycles. The van der Waals surface area contributed by atoms with Crippen molar-refractivity contribution in [3.05, 3.63) is 208 Å². The number of hydrogen-bond acceptors (Lipinski definition) is 5. The van der Waals surface area contributed by atoms with Crippen LogP contribution in [0.5, 0.6) is 11.5 Å². The molecule has 0 amide bonds. The van der Waals surface area contributed by atoms with Crippen molar-refractivity contribution in [1.29, 1.82) is 5.26 Å². The van der Waals surface area contributed by atoms with Gasteiger partial charge in [0.25, 0.3) is 0 Å². The van der Waals surface area contributed by atoms with Crippen LogP contribution in [0.15, 0.2) is 158 Å². The number of anilines is 6. The maximum Gasteiger partial charge on any atom is 0.194 e. The van der Waals surface area contributed by atoms with Crippen molar-refractivity contribution in [2.75, 3.05) is 9.80 Å². The predicted octanol–water partition coefficient (Wildman–Crippen LogP) is 15.6. The molecular formula is C56H50N4O2. The van der Waals surface area contributed by atoms with Gasteiger partial charge in [-0.05, 0) is 173 Å². The van der Waals surface area contributed by atoms with Crippen LogP contribution < -0.4 is 19.3 Å². The maximum absolute atomic E-state index is 10.2. The molecule has 0 unspecified atom stereocenters. The van der Waals surface area contributed by atoms with Crippen LogP contribution >= 0.6 is 0 Å². The zero-order valence-corrected chi connectivity index (χ0v) is 36.1. The van der Waals surface area contributed by atoms with Crippen molar-refractivity contribution in [2.24, 2.45) is 0 Å². The smallest absolute Gasteiger partial charge is 0.194 e. The summed E-state index contributed by atoms with van der Waals surface area (Å²) in [6.07, 6.45) is 7.94. The highest BCUT2D eigenvalue weighted by molar-refractivity contribution is 5.84. The van der Waals surface area contributed by atoms with E-state index in [1.54, 1.807) is 12.1 Å². The molecule has 0 N–H and O–H groups in total. The molecule has 0 saturated heterocycles. The Morgan fingerprint density at radius 2 is 0.823 bits per heavy atom. The molecule has 7 aromatic rings. The molecule has 7 aromatic carbocycles. The van der Waals surface area contributed by atoms with Gasteiger partial charge in [0.05, 0.1) is 30.4 Å². The molecule has 62 heavy (non-hydrogen) atoms. The number of benzene rings is 7. The van der Waals surface area contributed by atoms with Gasteiger partial charge in [-0.1, -0.05) is 84.0 Å². The van der Waals surface area contributed by atoms with E-state index in [1.807, 2.05) is 76.3 Å². The van der Waals surface area contributed by atoms with E-state index in [-0.39, 0.29) is 12.2 Å². The average molecular weight is 811 g/mol. The Morgan fingerprint density at radius 1 is 0.484 bits per heavy atom. The molecule has 0 heterocycles. The van der Waals surface area contributed by atoms with Gasteiger partial charge in [0.2, 0.25) is 0 Å². The Labute approximate surface area is 366 Å². The third kappa shape index (κ3) is 10.5. The highest BCUT2D eigenvalue weighted by Gasteiger charge is 2.15. The van der Waals surface area contributed by atoms with Gasteiger partial charge in [0.15, 0.2) is 5.69 Å². The molecule has 0 atom stereocenters. The van der Waals surface area contributed by atoms with Gasteiger partial charge in [-0.2, -0.15) is 5.26 Å². The lowest BCUT2D eigenvalue weighted by Gasteiger charge is -2.26. The molecule has 306 valence electrons. The topological polar surface area (TPSA) is 53.1 Å². The fourth-order valence-corrected chi connectivity index (χ4v) is 7.10. The van der Waals surface area contributed by atoms with Gasteiger partial charge in [-0.3, -0.25) is 0 Å². The maximum atomic E-state index is 10.2. The molecular weight excluding hydrogens is 761 g/mol. The van der Waals surface area contributed by atoms with Crippen LogP contribution in [-0.2, 0) is 0 Å². The first-order chi connectivity index (χ1) is 30.1. The van der Waals surface area contributed by atoms with E-state index in [2.05, 4.69) is 156 Å². The minimum Gasteiger partial charge on any atom is -0.491 e. The molecule has 0 bridgehead atoms. The monoisotopic (exact) mass is 810 g/mol. The van der Waals surface area contributed by atoms with E-state index in [0.717, 1.165) is 56.8 Å². The summed E-state index contributed by atoms with van der Waals surface area (Å²) in [6, 6.07) is 55.8. The number of ether oxygens (including phenoxy) is 2. The highest BCUT2D eigenvalue weighted by atomic mass is 16.5. The van der Waals surface area contributed by atoms with Gasteiger partial charge in [0.1, 0.15) is 11.5 Å². The van der Waals surface area contributed by atoms with Crippen molar-refractivity contribution in [1.82, 2.24) is 0 Å². The van der Waals surface area contributed by atoms with Crippen molar-refractivity contribution in [3.8, 4) is 17.6 Å². The number of nitriles is 1. The van der Waals surface area contributed by atoms with Crippen LogP contribution in [0.25, 0.3) is 29.1 Å². The summed E-state index contributed by atoms with van der Waals surface area (Å²) in [5.41, 5.74) is 12.9. The third-order valence-electron chi connectivity index (χ3n) is 10.2. The lowest BCUT2D eigenvalue weighted by atomic mass is 10.0. The Balaban J connectivity index is 1.10. The molecule has 6 heteroatoms. The molecule has 0 aliphatic carbocycles. The van der Waals surface area contributed by atoms with E-state index in [0.29, 0.717) is 22.4 Å². The zero-order chi connectivity index (χ0) is 43.6. The van der Waals surface area contributed by atoms with E-state index in [9.17, 15) is 5.26 Å². The van der Waals surface area contributed by atoms with Crippen LogP contribution in [0.1, 0.15) is 66.6 Å². The Hall–Kier alpha value is -7.80. The van der Waals surface area contributed by atoms with E-state index in [1.165, 1.54) is 11.1 Å². The Kier molecular flexibility index (Phi) is 13.3. The standard InChI is InChI=1S/C56H50N4O2/c1-39(2)61-54-32-28-52(29-33-54)60(53-30-34-55(35-31-53)62-40(3)4)51-26-16-44(17-27-51)13-19-46-36-47(38-57)45(37-56(46)58-7)18-12-43-14-24-50(25-15-43)59(48-20-8-41(5)9-21-48)49-22-10-42(6)11-23-49/h8-37,39-40H,1-6H3. The molecule has 0 saturated carbocycles. The molecule has 0 fully saturated rings. The van der Waals surface area contributed by atoms with Crippen LogP contribution in [0, 0.1) is 31.8 Å². The summed E-state index contributed by atoms with van der Waals surface area (Å²) in [4.78, 5) is 8.28. The van der Waals surface area contributed by atoms with Crippen molar-refractivity contribution >= 4 is 64.1 Å². The summed E-state index contributed by atoms with van der Waals surface area (Å²) in [7, 11) is 0. The van der Waals surface area contributed by atoms with Crippen molar-refractivity contribution in [3.63, 3.8) is 0 Å². The lowest BCUT2D eigenvalue weighted by Crippen LogP contribution is -2.11. The van der Waals surface area contributed by atoms with Gasteiger partial charge < -0.3 is 19.3 Å². The molecule has 0 spiro atoms. The van der Waals surface area contributed by atoms with Gasteiger partial charge in [-0.25, -0.2) is 4.85 Å². The van der Waals surface area contributed by atoms with E-state index >= 15 is 0 Å². The molecule has 6 nitrogen and oxygen atoms in total. The fraction of sp³-hybridized carbons (Fsp3) is 0.143. The summed E-state index contributed by atoms with van der Waals surface area (Å²) in [5.74, 6) is 1.63. The van der Waals surface area contributed by atoms with E-state index in [4.69, 9.17) is 16.0 Å². The van der Waals surface area contributed by atoms with Gasteiger partial charge >= 0.3 is 0 Å². The quantitative estimate of drug-likeness (QED) is 0.0809. The number of rotatable bonds is 14. The highest BCUT2D eigenvalue weighted by Crippen LogP contribution is 2.38. The van der Waals surface area contributed by atoms with Crippen LogP contribution in [0.2, 0.25) is 0 Å². The lowest BCUT2D eigenvalue weighted by molar-refractivity contribution is 0.242. The Bertz CT molecular complexity index is 2640. The van der Waals surface area contributed by atoms with Gasteiger partial charge in [0, 0.05) is 34.1 Å². The van der Waals surface area contributed by atoms with Gasteiger partial charge in [-0.15, -0.1) is 0 Å². The number of aryl methyl sites for hydroxylation is 2. The Morgan fingerprint density at radius 3 is 1.16 bits per heavy atom. The number of nitrogens with zero attached hydrogens (tertiary/aromatic N) is 4. The molecule has 0 radical (unpaired) electrons. The first-order valence-electron chi connectivity index (χ1n) is 20.9. The minimum atomic E-state index is 0.0836. The largest absolute Gasteiger partial charge is 0.491 e. The molecule has 7 rings (SSSR count). The van der Waals surface area contributed by atoms with Crippen molar-refractivity contribution in [2.45, 2.75) is 53.8 Å². The van der Waals surface area contributed by atoms with Crippen LogP contribution in [0.4, 0.5) is 39.8 Å².